The molecule has 3 heterocycles. The van der Waals surface area contributed by atoms with E-state index in [1.165, 1.54) is 16.8 Å². The number of carbonyl (C=O) groups is 2. The van der Waals surface area contributed by atoms with Crippen LogP contribution >= 0.6 is 0 Å². The molecule has 0 aliphatic carbocycles. The Hall–Kier alpha value is -3.30. The van der Waals surface area contributed by atoms with E-state index in [1.54, 1.807) is 18.2 Å². The molecular weight excluding hydrogens is 446 g/mol. The number of anilines is 2. The lowest BCUT2D eigenvalue weighted by Crippen LogP contribution is -2.49. The minimum Gasteiger partial charge on any atom is -0.454 e. The average Bonchev–Trinajstić information content (AvgIpc) is 3.33. The Morgan fingerprint density at radius 2 is 1.74 bits per heavy atom. The maximum absolute atomic E-state index is 12.7. The van der Waals surface area contributed by atoms with Crippen LogP contribution in [0.1, 0.15) is 23.6 Å². The Labute approximate surface area is 206 Å². The van der Waals surface area contributed by atoms with Gasteiger partial charge in [0.2, 0.25) is 6.79 Å². The van der Waals surface area contributed by atoms with Gasteiger partial charge in [-0.15, -0.1) is 0 Å². The molecule has 0 aromatic heterocycles. The Kier molecular flexibility index (Phi) is 6.79. The van der Waals surface area contributed by atoms with Gasteiger partial charge in [-0.3, -0.25) is 14.5 Å². The van der Waals surface area contributed by atoms with Gasteiger partial charge in [-0.2, -0.15) is 0 Å². The van der Waals surface area contributed by atoms with Gasteiger partial charge in [0.15, 0.2) is 11.5 Å². The number of ether oxygens (including phenoxy) is 2. The molecule has 35 heavy (non-hydrogen) atoms. The van der Waals surface area contributed by atoms with E-state index in [0.29, 0.717) is 23.7 Å². The summed E-state index contributed by atoms with van der Waals surface area (Å²) in [5, 5.41) is 5.53. The van der Waals surface area contributed by atoms with E-state index in [-0.39, 0.29) is 12.8 Å². The van der Waals surface area contributed by atoms with Gasteiger partial charge in [0.25, 0.3) is 0 Å². The molecule has 2 N–H and O–H groups in total. The number of likely N-dealkylation sites (N-methyl/N-ethyl adjacent to an activating group) is 1. The molecule has 3 aliphatic heterocycles. The van der Waals surface area contributed by atoms with Crippen molar-refractivity contribution in [1.29, 1.82) is 0 Å². The van der Waals surface area contributed by atoms with Crippen molar-refractivity contribution in [2.45, 2.75) is 18.9 Å². The van der Waals surface area contributed by atoms with Crippen LogP contribution in [0.25, 0.3) is 0 Å². The SMILES string of the molecule is CN1CCN(C(CNC(=O)C(=O)Nc2ccc3c(c2)OCO3)c2ccc3c(c2)CCCN3C)CC1. The zero-order valence-corrected chi connectivity index (χ0v) is 20.4. The molecule has 0 saturated carbocycles. The predicted molar refractivity (Wildman–Crippen MR) is 134 cm³/mol. The number of hydrogen-bond donors (Lipinski definition) is 2. The number of fused-ring (bicyclic) bond motifs is 2. The fraction of sp³-hybridized carbons (Fsp3) is 0.462. The van der Waals surface area contributed by atoms with E-state index in [2.05, 4.69) is 57.6 Å². The van der Waals surface area contributed by atoms with Crippen molar-refractivity contribution < 1.29 is 19.1 Å². The maximum atomic E-state index is 12.7. The number of amides is 2. The standard InChI is InChI=1S/C26H33N5O4/c1-29-10-12-31(13-11-29)22(19-5-7-21-18(14-19)4-3-9-30(21)2)16-27-25(32)26(33)28-20-6-8-23-24(15-20)35-17-34-23/h5-8,14-15,22H,3-4,9-13,16-17H2,1-2H3,(H,27,32)(H,28,33). The smallest absolute Gasteiger partial charge is 0.313 e. The molecule has 1 atom stereocenters. The number of nitrogens with one attached hydrogen (secondary N) is 2. The van der Waals surface area contributed by atoms with Gasteiger partial charge in [-0.05, 0) is 49.2 Å². The highest BCUT2D eigenvalue weighted by Gasteiger charge is 2.27. The van der Waals surface area contributed by atoms with E-state index in [9.17, 15) is 9.59 Å². The summed E-state index contributed by atoms with van der Waals surface area (Å²) in [6.07, 6.45) is 2.20. The first-order valence-corrected chi connectivity index (χ1v) is 12.2. The Morgan fingerprint density at radius 1 is 0.943 bits per heavy atom. The van der Waals surface area contributed by atoms with Gasteiger partial charge in [-0.25, -0.2) is 0 Å². The van der Waals surface area contributed by atoms with Gasteiger partial charge in [0.1, 0.15) is 0 Å². The van der Waals surface area contributed by atoms with E-state index in [4.69, 9.17) is 9.47 Å². The van der Waals surface area contributed by atoms with Crippen LogP contribution in [0.5, 0.6) is 11.5 Å². The molecule has 5 rings (SSSR count). The first kappa shape index (κ1) is 23.4. The molecule has 2 aromatic carbocycles. The fourth-order valence-electron chi connectivity index (χ4n) is 5.04. The molecule has 1 unspecified atom stereocenters. The minimum atomic E-state index is -0.701. The number of carbonyl (C=O) groups excluding carboxylic acids is 2. The van der Waals surface area contributed by atoms with Crippen molar-refractivity contribution in [3.8, 4) is 11.5 Å². The molecule has 2 aromatic rings. The van der Waals surface area contributed by atoms with Crippen LogP contribution in [0.3, 0.4) is 0 Å². The maximum Gasteiger partial charge on any atom is 0.313 e. The molecular formula is C26H33N5O4. The molecule has 0 bridgehead atoms. The second-order valence-corrected chi connectivity index (χ2v) is 9.50. The third-order valence-electron chi connectivity index (χ3n) is 7.11. The number of rotatable bonds is 5. The van der Waals surface area contributed by atoms with E-state index in [0.717, 1.165) is 45.6 Å². The molecule has 2 amide bonds. The molecule has 186 valence electrons. The highest BCUT2D eigenvalue weighted by Crippen LogP contribution is 2.34. The number of aryl methyl sites for hydroxylation is 1. The highest BCUT2D eigenvalue weighted by molar-refractivity contribution is 6.39. The molecule has 3 aliphatic rings. The molecule has 1 fully saturated rings. The second kappa shape index (κ2) is 10.1. The Balaban J connectivity index is 1.27. The van der Waals surface area contributed by atoms with Crippen molar-refractivity contribution in [3.63, 3.8) is 0 Å². The summed E-state index contributed by atoms with van der Waals surface area (Å²) in [6, 6.07) is 11.7. The van der Waals surface area contributed by atoms with E-state index in [1.807, 2.05) is 0 Å². The summed E-state index contributed by atoms with van der Waals surface area (Å²) in [5.74, 6) is -0.178. The summed E-state index contributed by atoms with van der Waals surface area (Å²) >= 11 is 0. The lowest BCUT2D eigenvalue weighted by Gasteiger charge is -2.39. The summed E-state index contributed by atoms with van der Waals surface area (Å²) in [4.78, 5) is 32.3. The average molecular weight is 480 g/mol. The van der Waals surface area contributed by atoms with Gasteiger partial charge in [-0.1, -0.05) is 12.1 Å². The minimum absolute atomic E-state index is 0.00326. The lowest BCUT2D eigenvalue weighted by molar-refractivity contribution is -0.136. The number of piperazine rings is 1. The predicted octanol–water partition coefficient (Wildman–Crippen LogP) is 1.84. The zero-order chi connectivity index (χ0) is 24.4. The van der Waals surface area contributed by atoms with Gasteiger partial charge < -0.3 is 29.9 Å². The lowest BCUT2D eigenvalue weighted by atomic mass is 9.95. The van der Waals surface area contributed by atoms with Crippen molar-refractivity contribution in [2.24, 2.45) is 0 Å². The molecule has 0 spiro atoms. The summed E-state index contributed by atoms with van der Waals surface area (Å²) in [7, 11) is 4.26. The van der Waals surface area contributed by atoms with Crippen molar-refractivity contribution >= 4 is 23.2 Å². The highest BCUT2D eigenvalue weighted by atomic mass is 16.7. The third-order valence-corrected chi connectivity index (χ3v) is 7.11. The zero-order valence-electron chi connectivity index (χ0n) is 20.4. The Morgan fingerprint density at radius 3 is 2.57 bits per heavy atom. The third kappa shape index (κ3) is 5.21. The van der Waals surface area contributed by atoms with Gasteiger partial charge in [0.05, 0.1) is 6.04 Å². The van der Waals surface area contributed by atoms with Crippen LogP contribution in [0.15, 0.2) is 36.4 Å². The van der Waals surface area contributed by atoms with Crippen LogP contribution in [-0.4, -0.2) is 81.8 Å². The van der Waals surface area contributed by atoms with Crippen molar-refractivity contribution in [1.82, 2.24) is 15.1 Å². The summed E-state index contributed by atoms with van der Waals surface area (Å²) in [6.45, 7) is 5.37. The fourth-order valence-corrected chi connectivity index (χ4v) is 5.04. The van der Waals surface area contributed by atoms with Crippen molar-refractivity contribution in [3.05, 3.63) is 47.5 Å². The first-order valence-electron chi connectivity index (χ1n) is 12.2. The second-order valence-electron chi connectivity index (χ2n) is 9.50. The van der Waals surface area contributed by atoms with Crippen LogP contribution in [-0.2, 0) is 16.0 Å². The summed E-state index contributed by atoms with van der Waals surface area (Å²) in [5.41, 5.74) is 4.30. The molecule has 0 radical (unpaired) electrons. The van der Waals surface area contributed by atoms with E-state index < -0.39 is 11.8 Å². The van der Waals surface area contributed by atoms with Crippen LogP contribution in [0.2, 0.25) is 0 Å². The van der Waals surface area contributed by atoms with Gasteiger partial charge >= 0.3 is 11.8 Å². The first-order chi connectivity index (χ1) is 17.0. The Bertz CT molecular complexity index is 1100. The molecule has 9 heteroatoms. The monoisotopic (exact) mass is 479 g/mol. The quantitative estimate of drug-likeness (QED) is 0.633. The number of benzene rings is 2. The normalized spacial score (nSPS) is 18.6. The van der Waals surface area contributed by atoms with Crippen molar-refractivity contribution in [2.75, 3.05) is 70.4 Å². The van der Waals surface area contributed by atoms with Crippen LogP contribution < -0.4 is 25.0 Å². The number of hydrogen-bond acceptors (Lipinski definition) is 7. The topological polar surface area (TPSA) is 86.4 Å². The molecule has 1 saturated heterocycles. The van der Waals surface area contributed by atoms with Crippen LogP contribution in [0.4, 0.5) is 11.4 Å². The van der Waals surface area contributed by atoms with E-state index >= 15 is 0 Å². The number of nitrogens with zero attached hydrogens (tertiary/aromatic N) is 3. The summed E-state index contributed by atoms with van der Waals surface area (Å²) < 4.78 is 10.6. The van der Waals surface area contributed by atoms with Crippen LogP contribution in [0, 0.1) is 0 Å². The largest absolute Gasteiger partial charge is 0.454 e. The molecule has 9 nitrogen and oxygen atoms in total. The van der Waals surface area contributed by atoms with Gasteiger partial charge in [0, 0.05) is 63.8 Å².